The van der Waals surface area contributed by atoms with Gasteiger partial charge in [0.2, 0.25) is 5.91 Å². The molecule has 0 radical (unpaired) electrons. The maximum atomic E-state index is 13.3. The third-order valence-electron chi connectivity index (χ3n) is 4.89. The van der Waals surface area contributed by atoms with Crippen molar-refractivity contribution in [3.8, 4) is 0 Å². The number of sulfonamides is 1. The zero-order valence-electron chi connectivity index (χ0n) is 17.8. The molecule has 0 aliphatic carbocycles. The number of carbonyl (C=O) groups is 1. The van der Waals surface area contributed by atoms with E-state index in [1.807, 2.05) is 43.3 Å². The molecule has 0 unspecified atom stereocenters. The standard InChI is InChI=1S/C24H27N3O3S/c1-3-4-6-20-10-12-21(13-11-20)26-24(28)18-27(22-14-8-19(2)9-15-22)31(29,30)23-7-5-16-25-17-23/h5,7-17H,3-4,6,18H2,1-2H3,(H,26,28). The number of nitrogens with one attached hydrogen (secondary N) is 1. The molecule has 0 atom stereocenters. The van der Waals surface area contributed by atoms with Gasteiger partial charge in [-0.1, -0.05) is 43.2 Å². The van der Waals surface area contributed by atoms with Gasteiger partial charge in [0.25, 0.3) is 10.0 Å². The second-order valence-electron chi connectivity index (χ2n) is 7.38. The van der Waals surface area contributed by atoms with Crippen LogP contribution >= 0.6 is 0 Å². The van der Waals surface area contributed by atoms with E-state index in [0.29, 0.717) is 11.4 Å². The number of pyridine rings is 1. The summed E-state index contributed by atoms with van der Waals surface area (Å²) < 4.78 is 27.6. The summed E-state index contributed by atoms with van der Waals surface area (Å²) in [5, 5.41) is 2.80. The molecule has 0 saturated carbocycles. The van der Waals surface area contributed by atoms with Gasteiger partial charge in [0.15, 0.2) is 0 Å². The maximum Gasteiger partial charge on any atom is 0.266 e. The Bertz CT molecular complexity index is 1100. The van der Waals surface area contributed by atoms with E-state index < -0.39 is 15.9 Å². The average Bonchev–Trinajstić information content (AvgIpc) is 2.78. The summed E-state index contributed by atoms with van der Waals surface area (Å²) in [5.74, 6) is -0.422. The number of nitrogens with zero attached hydrogens (tertiary/aromatic N) is 2. The first-order valence-electron chi connectivity index (χ1n) is 10.3. The van der Waals surface area contributed by atoms with Crippen LogP contribution in [0.3, 0.4) is 0 Å². The van der Waals surface area contributed by atoms with Crippen LogP contribution in [0, 0.1) is 6.92 Å². The SMILES string of the molecule is CCCCc1ccc(NC(=O)CN(c2ccc(C)cc2)S(=O)(=O)c2cccnc2)cc1. The highest BCUT2D eigenvalue weighted by Crippen LogP contribution is 2.24. The zero-order valence-corrected chi connectivity index (χ0v) is 18.6. The lowest BCUT2D eigenvalue weighted by Crippen LogP contribution is -2.38. The number of aromatic nitrogens is 1. The fourth-order valence-corrected chi connectivity index (χ4v) is 4.51. The molecule has 1 N–H and O–H groups in total. The van der Waals surface area contributed by atoms with Crippen LogP contribution < -0.4 is 9.62 Å². The van der Waals surface area contributed by atoms with Crippen LogP contribution in [0.15, 0.2) is 78.0 Å². The van der Waals surface area contributed by atoms with Gasteiger partial charge < -0.3 is 5.32 Å². The van der Waals surface area contributed by atoms with Crippen LogP contribution in [0.1, 0.15) is 30.9 Å². The summed E-state index contributed by atoms with van der Waals surface area (Å²) >= 11 is 0. The van der Waals surface area contributed by atoms with E-state index in [0.717, 1.165) is 29.1 Å². The second kappa shape index (κ2) is 10.2. The first-order valence-corrected chi connectivity index (χ1v) is 11.7. The van der Waals surface area contributed by atoms with E-state index in [-0.39, 0.29) is 11.4 Å². The highest BCUT2D eigenvalue weighted by atomic mass is 32.2. The number of unbranched alkanes of at least 4 members (excludes halogenated alkanes) is 1. The summed E-state index contributed by atoms with van der Waals surface area (Å²) in [7, 11) is -3.96. The van der Waals surface area contributed by atoms with Crippen molar-refractivity contribution in [2.75, 3.05) is 16.2 Å². The van der Waals surface area contributed by atoms with Gasteiger partial charge in [-0.2, -0.15) is 0 Å². The summed E-state index contributed by atoms with van der Waals surface area (Å²) in [4.78, 5) is 16.7. The van der Waals surface area contributed by atoms with Gasteiger partial charge >= 0.3 is 0 Å². The third-order valence-corrected chi connectivity index (χ3v) is 6.65. The summed E-state index contributed by atoms with van der Waals surface area (Å²) in [5.41, 5.74) is 3.25. The van der Waals surface area contributed by atoms with Crippen LogP contribution in [0.4, 0.5) is 11.4 Å². The van der Waals surface area contributed by atoms with Crippen molar-refractivity contribution in [3.63, 3.8) is 0 Å². The summed E-state index contributed by atoms with van der Waals surface area (Å²) in [6.45, 7) is 3.71. The molecule has 31 heavy (non-hydrogen) atoms. The molecule has 0 aliphatic rings. The minimum Gasteiger partial charge on any atom is -0.325 e. The molecule has 3 rings (SSSR count). The fourth-order valence-electron chi connectivity index (χ4n) is 3.12. The number of aryl methyl sites for hydroxylation is 2. The van der Waals surface area contributed by atoms with Crippen molar-refractivity contribution in [2.45, 2.75) is 38.0 Å². The number of benzene rings is 2. The average molecular weight is 438 g/mol. The Morgan fingerprint density at radius 1 is 1.03 bits per heavy atom. The van der Waals surface area contributed by atoms with E-state index in [9.17, 15) is 13.2 Å². The summed E-state index contributed by atoms with van der Waals surface area (Å²) in [6.07, 6.45) is 6.02. The molecule has 0 saturated heterocycles. The Hall–Kier alpha value is -3.19. The Kier molecular flexibility index (Phi) is 7.41. The molecular formula is C24H27N3O3S. The molecule has 1 aromatic heterocycles. The van der Waals surface area contributed by atoms with Gasteiger partial charge in [-0.25, -0.2) is 8.42 Å². The zero-order chi connectivity index (χ0) is 22.3. The molecule has 0 fully saturated rings. The van der Waals surface area contributed by atoms with Gasteiger partial charge in [0.05, 0.1) is 5.69 Å². The summed E-state index contributed by atoms with van der Waals surface area (Å²) in [6, 6.07) is 17.7. The molecule has 162 valence electrons. The van der Waals surface area contributed by atoms with Crippen LogP contribution in [-0.2, 0) is 21.2 Å². The van der Waals surface area contributed by atoms with Crippen molar-refractivity contribution in [2.24, 2.45) is 0 Å². The number of hydrogen-bond acceptors (Lipinski definition) is 4. The quantitative estimate of drug-likeness (QED) is 0.532. The Morgan fingerprint density at radius 2 is 1.74 bits per heavy atom. The largest absolute Gasteiger partial charge is 0.325 e. The monoisotopic (exact) mass is 437 g/mol. The molecule has 0 bridgehead atoms. The topological polar surface area (TPSA) is 79.4 Å². The Balaban J connectivity index is 1.81. The van der Waals surface area contributed by atoms with E-state index in [1.165, 1.54) is 24.0 Å². The number of anilines is 2. The Morgan fingerprint density at radius 3 is 2.35 bits per heavy atom. The first-order chi connectivity index (χ1) is 14.9. The smallest absolute Gasteiger partial charge is 0.266 e. The molecule has 1 heterocycles. The molecule has 0 aliphatic heterocycles. The van der Waals surface area contributed by atoms with Crippen molar-refractivity contribution < 1.29 is 13.2 Å². The van der Waals surface area contributed by atoms with Crippen LogP contribution in [0.5, 0.6) is 0 Å². The second-order valence-corrected chi connectivity index (χ2v) is 9.25. The third kappa shape index (κ3) is 5.92. The van der Waals surface area contributed by atoms with Crippen molar-refractivity contribution in [1.82, 2.24) is 4.98 Å². The lowest BCUT2D eigenvalue weighted by molar-refractivity contribution is -0.114. The van der Waals surface area contributed by atoms with Gasteiger partial charge in [0.1, 0.15) is 11.4 Å². The van der Waals surface area contributed by atoms with E-state index in [1.54, 1.807) is 18.2 Å². The van der Waals surface area contributed by atoms with E-state index in [2.05, 4.69) is 17.2 Å². The van der Waals surface area contributed by atoms with Crippen LogP contribution in [0.2, 0.25) is 0 Å². The molecule has 3 aromatic rings. The van der Waals surface area contributed by atoms with Gasteiger partial charge in [-0.05, 0) is 61.7 Å². The van der Waals surface area contributed by atoms with Gasteiger partial charge in [0, 0.05) is 18.1 Å². The molecule has 6 nitrogen and oxygen atoms in total. The molecule has 0 spiro atoms. The van der Waals surface area contributed by atoms with E-state index >= 15 is 0 Å². The van der Waals surface area contributed by atoms with Gasteiger partial charge in [-0.3, -0.25) is 14.1 Å². The number of rotatable bonds is 9. The van der Waals surface area contributed by atoms with Crippen molar-refractivity contribution >= 4 is 27.3 Å². The minimum absolute atomic E-state index is 0.0312. The Labute approximate surface area is 184 Å². The lowest BCUT2D eigenvalue weighted by atomic mass is 10.1. The molecule has 1 amide bonds. The molecule has 2 aromatic carbocycles. The molecule has 7 heteroatoms. The van der Waals surface area contributed by atoms with Crippen LogP contribution in [0.25, 0.3) is 0 Å². The highest BCUT2D eigenvalue weighted by molar-refractivity contribution is 7.92. The van der Waals surface area contributed by atoms with Crippen LogP contribution in [-0.4, -0.2) is 25.9 Å². The highest BCUT2D eigenvalue weighted by Gasteiger charge is 2.27. The number of hydrogen-bond donors (Lipinski definition) is 1. The minimum atomic E-state index is -3.96. The lowest BCUT2D eigenvalue weighted by Gasteiger charge is -2.24. The molecular weight excluding hydrogens is 410 g/mol. The fraction of sp³-hybridized carbons (Fsp3) is 0.250. The normalized spacial score (nSPS) is 11.2. The van der Waals surface area contributed by atoms with E-state index in [4.69, 9.17) is 0 Å². The number of amides is 1. The number of carbonyl (C=O) groups excluding carboxylic acids is 1. The first kappa shape index (κ1) is 22.5. The maximum absolute atomic E-state index is 13.3. The van der Waals surface area contributed by atoms with Gasteiger partial charge in [-0.15, -0.1) is 0 Å². The predicted octanol–water partition coefficient (Wildman–Crippen LogP) is 4.57. The van der Waals surface area contributed by atoms with Crippen molar-refractivity contribution in [1.29, 1.82) is 0 Å². The van der Waals surface area contributed by atoms with Crippen molar-refractivity contribution in [3.05, 3.63) is 84.2 Å². The predicted molar refractivity (Wildman–Crippen MR) is 124 cm³/mol.